The number of nitrogens with one attached hydrogen (secondary N) is 1. The lowest BCUT2D eigenvalue weighted by molar-refractivity contribution is 0.0703. The van der Waals surface area contributed by atoms with E-state index in [-0.39, 0.29) is 10.6 Å². The van der Waals surface area contributed by atoms with Crippen molar-refractivity contribution in [1.29, 1.82) is 0 Å². The zero-order valence-electron chi connectivity index (χ0n) is 15.8. The molecule has 0 fully saturated rings. The third-order valence-electron chi connectivity index (χ3n) is 4.32. The molecule has 2 N–H and O–H groups in total. The highest BCUT2D eigenvalue weighted by Gasteiger charge is 2.30. The Hall–Kier alpha value is -1.82. The van der Waals surface area contributed by atoms with Crippen molar-refractivity contribution in [1.82, 2.24) is 0 Å². The Morgan fingerprint density at radius 1 is 1.14 bits per heavy atom. The molecule has 0 saturated carbocycles. The summed E-state index contributed by atoms with van der Waals surface area (Å²) in [5.74, 6) is -1.14. The normalized spacial score (nSPS) is 13.1. The lowest BCUT2D eigenvalue weighted by atomic mass is 10.2. The average molecular weight is 470 g/mol. The van der Waals surface area contributed by atoms with E-state index < -0.39 is 13.5 Å². The van der Waals surface area contributed by atoms with Crippen molar-refractivity contribution in [2.45, 2.75) is 13.8 Å². The van der Waals surface area contributed by atoms with Gasteiger partial charge in [0, 0.05) is 22.6 Å². The Labute approximate surface area is 182 Å². The molecule has 0 aliphatic heterocycles. The zero-order valence-corrected chi connectivity index (χ0v) is 19.0. The number of carboxylic acid groups (broad SMARTS) is 1. The first kappa shape index (κ1) is 21.9. The van der Waals surface area contributed by atoms with Gasteiger partial charge in [-0.1, -0.05) is 47.0 Å². The van der Waals surface area contributed by atoms with E-state index in [1.807, 2.05) is 26.0 Å². The van der Waals surface area contributed by atoms with Crippen molar-refractivity contribution in [3.8, 4) is 10.4 Å². The third kappa shape index (κ3) is 4.52. The Kier molecular flexibility index (Phi) is 6.42. The van der Waals surface area contributed by atoms with Crippen LogP contribution < -0.4 is 10.4 Å². The molecule has 3 aromatic rings. The maximum absolute atomic E-state index is 13.6. The number of aryl methyl sites for hydroxylation is 2. The molecule has 0 aliphatic carbocycles. The maximum atomic E-state index is 13.6. The molecule has 0 spiro atoms. The molecule has 2 aromatic carbocycles. The number of aromatic carboxylic acids is 1. The van der Waals surface area contributed by atoms with Gasteiger partial charge in [0.1, 0.15) is 4.88 Å². The lowest BCUT2D eigenvalue weighted by Crippen LogP contribution is -2.17. The molecule has 3 rings (SSSR count). The topological polar surface area (TPSA) is 75.6 Å². The molecule has 0 bridgehead atoms. The maximum Gasteiger partial charge on any atom is 0.348 e. The van der Waals surface area contributed by atoms with Crippen molar-refractivity contribution < 1.29 is 19.0 Å². The Bertz CT molecular complexity index is 1150. The quantitative estimate of drug-likeness (QED) is 0.397. The molecule has 5 nitrogen and oxygen atoms in total. The Balaban J connectivity index is 2.08. The molecular weight excluding hydrogens is 452 g/mol. The van der Waals surface area contributed by atoms with Crippen LogP contribution in [-0.4, -0.2) is 18.2 Å². The highest BCUT2D eigenvalue weighted by atomic mass is 35.5. The second-order valence-corrected chi connectivity index (χ2v) is 10.5. The van der Waals surface area contributed by atoms with E-state index in [9.17, 15) is 14.5 Å². The molecule has 1 aromatic heterocycles. The van der Waals surface area contributed by atoms with E-state index >= 15 is 0 Å². The smallest absolute Gasteiger partial charge is 0.348 e. The molecule has 0 amide bonds. The van der Waals surface area contributed by atoms with E-state index in [0.29, 0.717) is 25.8 Å². The van der Waals surface area contributed by atoms with E-state index in [4.69, 9.17) is 27.7 Å². The highest BCUT2D eigenvalue weighted by molar-refractivity contribution is 7.68. The average Bonchev–Trinajstić information content (AvgIpc) is 3.04. The molecule has 152 valence electrons. The van der Waals surface area contributed by atoms with Crippen molar-refractivity contribution in [3.05, 3.63) is 68.5 Å². The molecule has 9 heteroatoms. The van der Waals surface area contributed by atoms with Gasteiger partial charge < -0.3 is 14.7 Å². The summed E-state index contributed by atoms with van der Waals surface area (Å²) in [6, 6.07) is 12.0. The number of benzene rings is 2. The van der Waals surface area contributed by atoms with E-state index in [1.54, 1.807) is 30.3 Å². The van der Waals surface area contributed by atoms with Gasteiger partial charge in [0.25, 0.3) is 0 Å². The van der Waals surface area contributed by atoms with E-state index in [2.05, 4.69) is 5.09 Å². The van der Waals surface area contributed by atoms with Gasteiger partial charge in [-0.05, 0) is 43.7 Å². The number of thiophene rings is 1. The summed E-state index contributed by atoms with van der Waals surface area (Å²) in [7, 11) is -2.23. The fourth-order valence-corrected chi connectivity index (χ4v) is 6.29. The summed E-state index contributed by atoms with van der Waals surface area (Å²) in [5, 5.41) is 13.9. The number of rotatable bonds is 6. The van der Waals surface area contributed by atoms with Gasteiger partial charge in [-0.15, -0.1) is 11.3 Å². The molecule has 1 heterocycles. The van der Waals surface area contributed by atoms with Crippen LogP contribution in [0.2, 0.25) is 10.0 Å². The first-order valence-corrected chi connectivity index (χ1v) is 11.7. The van der Waals surface area contributed by atoms with E-state index in [0.717, 1.165) is 22.5 Å². The standard InChI is InChI=1S/C20H18Cl2NO4PS/c1-11-4-7-17(12(2)8-11)28(26,27-3)23-16-10-18(29-19(16)20(24)25)14-6-5-13(21)9-15(14)22/h4-10H,1-3H3,(H,23,26)(H,24,25). The molecule has 1 atom stereocenters. The van der Waals surface area contributed by atoms with Crippen LogP contribution in [0.4, 0.5) is 5.69 Å². The van der Waals surface area contributed by atoms with Crippen LogP contribution in [0.25, 0.3) is 10.4 Å². The predicted molar refractivity (Wildman–Crippen MR) is 121 cm³/mol. The number of halogens is 2. The second kappa shape index (κ2) is 8.50. The van der Waals surface area contributed by atoms with Crippen LogP contribution in [0.15, 0.2) is 42.5 Å². The predicted octanol–water partition coefficient (Wildman–Crippen LogP) is 6.61. The van der Waals surface area contributed by atoms with Gasteiger partial charge in [-0.25, -0.2) is 4.79 Å². The first-order chi connectivity index (χ1) is 13.6. The van der Waals surface area contributed by atoms with E-state index in [1.165, 1.54) is 7.11 Å². The highest BCUT2D eigenvalue weighted by Crippen LogP contribution is 2.49. The molecular formula is C20H18Cl2NO4PS. The molecule has 29 heavy (non-hydrogen) atoms. The van der Waals surface area contributed by atoms with Crippen molar-refractivity contribution >= 4 is 59.0 Å². The lowest BCUT2D eigenvalue weighted by Gasteiger charge is -2.20. The minimum Gasteiger partial charge on any atom is -0.477 e. The molecule has 0 radical (unpaired) electrons. The van der Waals surface area contributed by atoms with Crippen LogP contribution in [0.3, 0.4) is 0 Å². The fourth-order valence-electron chi connectivity index (χ4n) is 2.95. The van der Waals surface area contributed by atoms with Gasteiger partial charge >= 0.3 is 13.5 Å². The number of hydrogen-bond donors (Lipinski definition) is 2. The number of hydrogen-bond acceptors (Lipinski definition) is 4. The van der Waals surface area contributed by atoms with Crippen LogP contribution >= 0.6 is 42.1 Å². The van der Waals surface area contributed by atoms with Crippen LogP contribution in [0.5, 0.6) is 0 Å². The van der Waals surface area contributed by atoms with Gasteiger partial charge in [0.2, 0.25) is 0 Å². The molecule has 0 saturated heterocycles. The minimum atomic E-state index is -3.56. The Morgan fingerprint density at radius 3 is 2.45 bits per heavy atom. The first-order valence-electron chi connectivity index (χ1n) is 8.49. The van der Waals surface area contributed by atoms with Gasteiger partial charge in [0.15, 0.2) is 0 Å². The fraction of sp³-hybridized carbons (Fsp3) is 0.150. The third-order valence-corrected chi connectivity index (χ3v) is 8.21. The molecule has 0 aliphatic rings. The summed E-state index contributed by atoms with van der Waals surface area (Å²) in [4.78, 5) is 12.4. The largest absolute Gasteiger partial charge is 0.477 e. The van der Waals surface area contributed by atoms with Crippen molar-refractivity contribution in [3.63, 3.8) is 0 Å². The van der Waals surface area contributed by atoms with Gasteiger partial charge in [-0.2, -0.15) is 0 Å². The van der Waals surface area contributed by atoms with Crippen molar-refractivity contribution in [2.24, 2.45) is 0 Å². The number of carbonyl (C=O) groups is 1. The van der Waals surface area contributed by atoms with Crippen LogP contribution in [0, 0.1) is 13.8 Å². The summed E-state index contributed by atoms with van der Waals surface area (Å²) >= 11 is 13.2. The number of carboxylic acids is 1. The van der Waals surface area contributed by atoms with Crippen LogP contribution in [-0.2, 0) is 9.09 Å². The monoisotopic (exact) mass is 469 g/mol. The van der Waals surface area contributed by atoms with Crippen molar-refractivity contribution in [2.75, 3.05) is 12.2 Å². The summed E-state index contributed by atoms with van der Waals surface area (Å²) in [5.41, 5.74) is 2.65. The summed E-state index contributed by atoms with van der Waals surface area (Å²) in [6.07, 6.45) is 0. The SMILES string of the molecule is COP(=O)(Nc1cc(-c2ccc(Cl)cc2Cl)sc1C(=O)O)c1ccc(C)cc1C. The van der Waals surface area contributed by atoms with Gasteiger partial charge in [0.05, 0.1) is 16.0 Å². The van der Waals surface area contributed by atoms with Gasteiger partial charge in [-0.3, -0.25) is 4.57 Å². The zero-order chi connectivity index (χ0) is 21.3. The van der Waals surface area contributed by atoms with Crippen LogP contribution in [0.1, 0.15) is 20.8 Å². The number of anilines is 1. The molecule has 1 unspecified atom stereocenters. The summed E-state index contributed by atoms with van der Waals surface area (Å²) in [6.45, 7) is 3.77. The summed E-state index contributed by atoms with van der Waals surface area (Å²) < 4.78 is 18.9. The minimum absolute atomic E-state index is 0.00746. The Morgan fingerprint density at radius 2 is 1.86 bits per heavy atom. The second-order valence-electron chi connectivity index (χ2n) is 6.42.